The molecule has 0 radical (unpaired) electrons. The van der Waals surface area contributed by atoms with Gasteiger partial charge in [-0.3, -0.25) is 0 Å². The summed E-state index contributed by atoms with van der Waals surface area (Å²) in [4.78, 5) is 0. The summed E-state index contributed by atoms with van der Waals surface area (Å²) in [5.74, 6) is 0. The van der Waals surface area contributed by atoms with Crippen molar-refractivity contribution in [1.29, 1.82) is 0 Å². The van der Waals surface area contributed by atoms with E-state index >= 15 is 0 Å². The number of methoxy groups -OCH3 is 1. The highest BCUT2D eigenvalue weighted by Gasteiger charge is 2.23. The van der Waals surface area contributed by atoms with Crippen LogP contribution in [0.1, 0.15) is 19.3 Å². The molecule has 2 heteroatoms. The van der Waals surface area contributed by atoms with Gasteiger partial charge in [0.2, 0.25) is 0 Å². The first kappa shape index (κ1) is 7.76. The van der Waals surface area contributed by atoms with Crippen molar-refractivity contribution in [2.45, 2.75) is 31.5 Å². The summed E-state index contributed by atoms with van der Waals surface area (Å²) in [6.07, 6.45) is 2.27. The average Bonchev–Trinajstić information content (AvgIpc) is 1.94. The summed E-state index contributed by atoms with van der Waals surface area (Å²) < 4.78 is 5.06. The smallest absolute Gasteiger partial charge is 0.0867 e. The van der Waals surface area contributed by atoms with Crippen molar-refractivity contribution in [2.75, 3.05) is 7.11 Å². The molecule has 2 unspecified atom stereocenters. The summed E-state index contributed by atoms with van der Waals surface area (Å²) in [7, 11) is 1.63. The Hall–Kier alpha value is -0.340. The van der Waals surface area contributed by atoms with Crippen LogP contribution in [0.5, 0.6) is 0 Å². The van der Waals surface area contributed by atoms with Gasteiger partial charge in [-0.05, 0) is 19.3 Å². The lowest BCUT2D eigenvalue weighted by Crippen LogP contribution is -2.31. The van der Waals surface area contributed by atoms with Gasteiger partial charge in [-0.25, -0.2) is 0 Å². The molecule has 0 aromatic heterocycles. The van der Waals surface area contributed by atoms with Crippen molar-refractivity contribution in [2.24, 2.45) is 0 Å². The van der Waals surface area contributed by atoms with Crippen molar-refractivity contribution in [3.63, 3.8) is 0 Å². The SMILES string of the molecule is C=C1CCC(O)C(OC)C1. The maximum absolute atomic E-state index is 9.32. The predicted molar refractivity (Wildman–Crippen MR) is 39.8 cm³/mol. The summed E-state index contributed by atoms with van der Waals surface area (Å²) in [5, 5.41) is 9.32. The van der Waals surface area contributed by atoms with Crippen LogP contribution in [0.15, 0.2) is 12.2 Å². The molecule has 2 nitrogen and oxygen atoms in total. The fourth-order valence-corrected chi connectivity index (χ4v) is 1.30. The summed E-state index contributed by atoms with van der Waals surface area (Å²) >= 11 is 0. The first-order valence-electron chi connectivity index (χ1n) is 3.61. The van der Waals surface area contributed by atoms with E-state index in [1.165, 1.54) is 5.57 Å². The van der Waals surface area contributed by atoms with E-state index in [1.807, 2.05) is 0 Å². The van der Waals surface area contributed by atoms with E-state index in [-0.39, 0.29) is 12.2 Å². The van der Waals surface area contributed by atoms with Gasteiger partial charge in [-0.1, -0.05) is 12.2 Å². The molecule has 1 N–H and O–H groups in total. The molecular formula is C8H14O2. The third kappa shape index (κ3) is 1.58. The van der Waals surface area contributed by atoms with Gasteiger partial charge in [0.1, 0.15) is 0 Å². The predicted octanol–water partition coefficient (Wildman–Crippen LogP) is 1.10. The van der Waals surface area contributed by atoms with Crippen LogP contribution in [-0.4, -0.2) is 24.4 Å². The minimum absolute atomic E-state index is 0.0127. The minimum Gasteiger partial charge on any atom is -0.390 e. The molecule has 2 atom stereocenters. The number of hydrogen-bond donors (Lipinski definition) is 1. The number of aliphatic hydroxyl groups is 1. The number of rotatable bonds is 1. The zero-order valence-corrected chi connectivity index (χ0v) is 6.34. The van der Waals surface area contributed by atoms with Crippen LogP contribution in [-0.2, 0) is 4.74 Å². The highest BCUT2D eigenvalue weighted by atomic mass is 16.5. The lowest BCUT2D eigenvalue weighted by Gasteiger charge is -2.27. The van der Waals surface area contributed by atoms with Crippen LogP contribution in [0.3, 0.4) is 0 Å². The molecule has 1 rings (SSSR count). The van der Waals surface area contributed by atoms with Crippen LogP contribution in [0.2, 0.25) is 0 Å². The zero-order chi connectivity index (χ0) is 7.56. The largest absolute Gasteiger partial charge is 0.390 e. The van der Waals surface area contributed by atoms with E-state index in [1.54, 1.807) is 7.11 Å². The number of aliphatic hydroxyl groups excluding tert-OH is 1. The molecular weight excluding hydrogens is 128 g/mol. The number of ether oxygens (including phenoxy) is 1. The van der Waals surface area contributed by atoms with E-state index in [2.05, 4.69) is 6.58 Å². The molecule has 58 valence electrons. The standard InChI is InChI=1S/C8H14O2/c1-6-3-4-7(9)8(5-6)10-2/h7-9H,1,3-5H2,2H3. The lowest BCUT2D eigenvalue weighted by atomic mass is 9.91. The summed E-state index contributed by atoms with van der Waals surface area (Å²) in [6, 6.07) is 0. The highest BCUT2D eigenvalue weighted by Crippen LogP contribution is 2.23. The van der Waals surface area contributed by atoms with Crippen molar-refractivity contribution >= 4 is 0 Å². The fourth-order valence-electron chi connectivity index (χ4n) is 1.30. The van der Waals surface area contributed by atoms with E-state index in [0.29, 0.717) is 0 Å². The van der Waals surface area contributed by atoms with Crippen LogP contribution >= 0.6 is 0 Å². The van der Waals surface area contributed by atoms with Gasteiger partial charge in [0, 0.05) is 7.11 Å². The van der Waals surface area contributed by atoms with Gasteiger partial charge < -0.3 is 9.84 Å². The van der Waals surface area contributed by atoms with Crippen molar-refractivity contribution in [1.82, 2.24) is 0 Å². The molecule has 0 bridgehead atoms. The van der Waals surface area contributed by atoms with Gasteiger partial charge in [0.15, 0.2) is 0 Å². The Bertz CT molecular complexity index is 131. The Morgan fingerprint density at radius 3 is 2.90 bits per heavy atom. The van der Waals surface area contributed by atoms with Gasteiger partial charge in [0.25, 0.3) is 0 Å². The Morgan fingerprint density at radius 1 is 1.70 bits per heavy atom. The van der Waals surface area contributed by atoms with Gasteiger partial charge in [-0.15, -0.1) is 0 Å². The van der Waals surface area contributed by atoms with Crippen LogP contribution < -0.4 is 0 Å². The Labute approximate surface area is 61.5 Å². The maximum atomic E-state index is 9.32. The van der Waals surface area contributed by atoms with Gasteiger partial charge >= 0.3 is 0 Å². The molecule has 0 heterocycles. The van der Waals surface area contributed by atoms with E-state index in [9.17, 15) is 5.11 Å². The molecule has 0 aliphatic heterocycles. The average molecular weight is 142 g/mol. The van der Waals surface area contributed by atoms with E-state index < -0.39 is 0 Å². The minimum atomic E-state index is -0.282. The fraction of sp³-hybridized carbons (Fsp3) is 0.750. The quantitative estimate of drug-likeness (QED) is 0.555. The molecule has 1 aliphatic rings. The monoisotopic (exact) mass is 142 g/mol. The molecule has 1 fully saturated rings. The van der Waals surface area contributed by atoms with Crippen molar-refractivity contribution in [3.8, 4) is 0 Å². The summed E-state index contributed by atoms with van der Waals surface area (Å²) in [5.41, 5.74) is 1.19. The molecule has 10 heavy (non-hydrogen) atoms. The molecule has 1 aliphatic carbocycles. The molecule has 1 saturated carbocycles. The zero-order valence-electron chi connectivity index (χ0n) is 6.34. The lowest BCUT2D eigenvalue weighted by molar-refractivity contribution is -0.0244. The first-order valence-corrected chi connectivity index (χ1v) is 3.61. The third-order valence-corrected chi connectivity index (χ3v) is 2.02. The second-order valence-corrected chi connectivity index (χ2v) is 2.83. The first-order chi connectivity index (χ1) is 4.74. The highest BCUT2D eigenvalue weighted by molar-refractivity contribution is 5.02. The van der Waals surface area contributed by atoms with Crippen LogP contribution in [0.4, 0.5) is 0 Å². The molecule has 0 spiro atoms. The second-order valence-electron chi connectivity index (χ2n) is 2.83. The molecule has 0 aromatic rings. The van der Waals surface area contributed by atoms with E-state index in [0.717, 1.165) is 19.3 Å². The van der Waals surface area contributed by atoms with Crippen molar-refractivity contribution in [3.05, 3.63) is 12.2 Å². The van der Waals surface area contributed by atoms with Crippen LogP contribution in [0.25, 0.3) is 0 Å². The third-order valence-electron chi connectivity index (χ3n) is 2.02. The number of hydrogen-bond acceptors (Lipinski definition) is 2. The second kappa shape index (κ2) is 3.17. The molecule has 0 amide bonds. The Balaban J connectivity index is 2.45. The van der Waals surface area contributed by atoms with Gasteiger partial charge in [0.05, 0.1) is 12.2 Å². The Kier molecular flexibility index (Phi) is 2.46. The maximum Gasteiger partial charge on any atom is 0.0867 e. The molecule has 0 aromatic carbocycles. The Morgan fingerprint density at radius 2 is 2.40 bits per heavy atom. The summed E-state index contributed by atoms with van der Waals surface area (Å²) in [6.45, 7) is 3.86. The van der Waals surface area contributed by atoms with Gasteiger partial charge in [-0.2, -0.15) is 0 Å². The molecule has 0 saturated heterocycles. The van der Waals surface area contributed by atoms with E-state index in [4.69, 9.17) is 4.74 Å². The normalized spacial score (nSPS) is 34.4. The van der Waals surface area contributed by atoms with Crippen molar-refractivity contribution < 1.29 is 9.84 Å². The topological polar surface area (TPSA) is 29.5 Å². The van der Waals surface area contributed by atoms with Crippen LogP contribution in [0, 0.1) is 0 Å².